The van der Waals surface area contributed by atoms with Crippen LogP contribution in [0.4, 0.5) is 0 Å². The Bertz CT molecular complexity index is 969. The van der Waals surface area contributed by atoms with Gasteiger partial charge in [-0.3, -0.25) is 4.79 Å². The van der Waals surface area contributed by atoms with E-state index in [2.05, 4.69) is 35.5 Å². The van der Waals surface area contributed by atoms with Crippen LogP contribution in [0.2, 0.25) is 0 Å². The molecule has 2 aromatic carbocycles. The van der Waals surface area contributed by atoms with E-state index >= 15 is 0 Å². The van der Waals surface area contributed by atoms with Crippen LogP contribution in [0, 0.1) is 13.8 Å². The van der Waals surface area contributed by atoms with E-state index in [1.165, 1.54) is 11.1 Å². The van der Waals surface area contributed by atoms with Crippen molar-refractivity contribution in [1.82, 2.24) is 14.5 Å². The lowest BCUT2D eigenvalue weighted by molar-refractivity contribution is -0.121. The van der Waals surface area contributed by atoms with Crippen LogP contribution in [-0.4, -0.2) is 60.2 Å². The standard InChI is InChI=1S/C25H35N3O3S/c1-18-14-23(31-5)15-19(2)25(18)32(30)28(4)13-10-24(29)26-17-20-6-7-21-8-11-27(3)12-9-22(21)16-20/h6-7,14-16H,8-13,17H2,1-5H3,(H,26,29). The van der Waals surface area contributed by atoms with Gasteiger partial charge < -0.3 is 15.0 Å². The van der Waals surface area contributed by atoms with Gasteiger partial charge in [-0.1, -0.05) is 18.2 Å². The molecule has 1 aliphatic heterocycles. The van der Waals surface area contributed by atoms with E-state index < -0.39 is 11.0 Å². The molecule has 174 valence electrons. The average Bonchev–Trinajstić information content (AvgIpc) is 2.96. The third-order valence-electron chi connectivity index (χ3n) is 6.07. The first kappa shape index (κ1) is 24.4. The summed E-state index contributed by atoms with van der Waals surface area (Å²) in [5.74, 6) is 0.722. The number of rotatable bonds is 8. The minimum Gasteiger partial charge on any atom is -0.497 e. The van der Waals surface area contributed by atoms with Gasteiger partial charge in [-0.2, -0.15) is 0 Å². The van der Waals surface area contributed by atoms with Gasteiger partial charge in [0, 0.05) is 39.6 Å². The summed E-state index contributed by atoms with van der Waals surface area (Å²) in [6.07, 6.45) is 2.43. The second-order valence-corrected chi connectivity index (χ2v) is 10.2. The Kier molecular flexibility index (Phi) is 8.45. The minimum absolute atomic E-state index is 0.0355. The molecule has 0 aliphatic carbocycles. The minimum atomic E-state index is -1.33. The largest absolute Gasteiger partial charge is 0.497 e. The van der Waals surface area contributed by atoms with Gasteiger partial charge in [0.1, 0.15) is 16.7 Å². The zero-order valence-corrected chi connectivity index (χ0v) is 20.7. The number of ether oxygens (including phenoxy) is 1. The van der Waals surface area contributed by atoms with Crippen molar-refractivity contribution in [3.05, 3.63) is 58.1 Å². The number of hydrogen-bond acceptors (Lipinski definition) is 4. The fourth-order valence-electron chi connectivity index (χ4n) is 4.09. The molecule has 1 N–H and O–H groups in total. The van der Waals surface area contributed by atoms with Crippen molar-refractivity contribution in [2.45, 2.75) is 44.6 Å². The molecule has 1 heterocycles. The molecule has 0 bridgehead atoms. The number of carbonyl (C=O) groups excluding carboxylic acids is 1. The van der Waals surface area contributed by atoms with Gasteiger partial charge in [-0.15, -0.1) is 0 Å². The number of likely N-dealkylation sites (N-methyl/N-ethyl adjacent to an activating group) is 1. The number of fused-ring (bicyclic) bond motifs is 1. The van der Waals surface area contributed by atoms with Crippen LogP contribution in [0.15, 0.2) is 35.2 Å². The maximum Gasteiger partial charge on any atom is 0.221 e. The van der Waals surface area contributed by atoms with E-state index in [9.17, 15) is 9.00 Å². The molecule has 0 spiro atoms. The van der Waals surface area contributed by atoms with Gasteiger partial charge in [0.05, 0.1) is 12.0 Å². The van der Waals surface area contributed by atoms with Crippen molar-refractivity contribution in [2.24, 2.45) is 0 Å². The number of nitrogens with one attached hydrogen (secondary N) is 1. The third kappa shape index (κ3) is 6.18. The van der Waals surface area contributed by atoms with Gasteiger partial charge in [-0.25, -0.2) is 8.51 Å². The molecule has 1 amide bonds. The fraction of sp³-hybridized carbons (Fsp3) is 0.480. The number of methoxy groups -OCH3 is 1. The molecular weight excluding hydrogens is 422 g/mol. The van der Waals surface area contributed by atoms with Crippen LogP contribution in [0.5, 0.6) is 5.75 Å². The van der Waals surface area contributed by atoms with E-state index in [1.807, 2.05) is 26.0 Å². The van der Waals surface area contributed by atoms with Crippen molar-refractivity contribution in [2.75, 3.05) is 40.8 Å². The molecule has 0 radical (unpaired) electrons. The number of aryl methyl sites for hydroxylation is 2. The maximum absolute atomic E-state index is 13.0. The van der Waals surface area contributed by atoms with Crippen molar-refractivity contribution >= 4 is 16.9 Å². The van der Waals surface area contributed by atoms with Crippen LogP contribution in [0.25, 0.3) is 0 Å². The van der Waals surface area contributed by atoms with E-state index in [1.54, 1.807) is 18.5 Å². The number of carbonyl (C=O) groups is 1. The summed E-state index contributed by atoms with van der Waals surface area (Å²) in [5, 5.41) is 3.01. The lowest BCUT2D eigenvalue weighted by atomic mass is 10.00. The zero-order chi connectivity index (χ0) is 23.3. The van der Waals surface area contributed by atoms with Gasteiger partial charge in [-0.05, 0) is 73.7 Å². The molecule has 1 atom stereocenters. The Hall–Kier alpha value is -2.22. The molecule has 1 aliphatic rings. The second kappa shape index (κ2) is 11.1. The van der Waals surface area contributed by atoms with Gasteiger partial charge >= 0.3 is 0 Å². The molecule has 6 nitrogen and oxygen atoms in total. The second-order valence-electron chi connectivity index (χ2n) is 8.62. The summed E-state index contributed by atoms with van der Waals surface area (Å²) < 4.78 is 20.0. The molecule has 1 unspecified atom stereocenters. The summed E-state index contributed by atoms with van der Waals surface area (Å²) >= 11 is 0. The topological polar surface area (TPSA) is 61.9 Å². The number of benzene rings is 2. The molecule has 0 aromatic heterocycles. The summed E-state index contributed by atoms with van der Waals surface area (Å²) in [4.78, 5) is 15.6. The van der Waals surface area contributed by atoms with Gasteiger partial charge in [0.2, 0.25) is 5.91 Å². The molecule has 0 saturated carbocycles. The first-order valence-corrected chi connectivity index (χ1v) is 12.2. The van der Waals surface area contributed by atoms with E-state index in [-0.39, 0.29) is 5.91 Å². The molecular formula is C25H35N3O3S. The normalized spacial score (nSPS) is 15.2. The van der Waals surface area contributed by atoms with Crippen LogP contribution in [0.1, 0.15) is 34.2 Å². The molecule has 2 aromatic rings. The monoisotopic (exact) mass is 457 g/mol. The first-order valence-electron chi connectivity index (χ1n) is 11.1. The molecule has 3 rings (SSSR count). The molecule has 0 fully saturated rings. The Morgan fingerprint density at radius 1 is 1.12 bits per heavy atom. The Morgan fingerprint density at radius 2 is 1.78 bits per heavy atom. The lowest BCUT2D eigenvalue weighted by Gasteiger charge is -2.19. The fourth-order valence-corrected chi connectivity index (χ4v) is 5.33. The van der Waals surface area contributed by atoms with Crippen LogP contribution in [0.3, 0.4) is 0 Å². The number of amides is 1. The van der Waals surface area contributed by atoms with Crippen molar-refractivity contribution in [1.29, 1.82) is 0 Å². The highest BCUT2D eigenvalue weighted by atomic mass is 32.2. The lowest BCUT2D eigenvalue weighted by Crippen LogP contribution is -2.30. The van der Waals surface area contributed by atoms with Crippen molar-refractivity contribution < 1.29 is 13.7 Å². The summed E-state index contributed by atoms with van der Waals surface area (Å²) in [6, 6.07) is 10.3. The van der Waals surface area contributed by atoms with Crippen molar-refractivity contribution in [3.63, 3.8) is 0 Å². The highest BCUT2D eigenvalue weighted by molar-refractivity contribution is 7.82. The van der Waals surface area contributed by atoms with E-state index in [0.717, 1.165) is 53.3 Å². The number of nitrogens with zero attached hydrogens (tertiary/aromatic N) is 2. The first-order chi connectivity index (χ1) is 15.3. The molecule has 0 saturated heterocycles. The highest BCUT2D eigenvalue weighted by Gasteiger charge is 2.18. The SMILES string of the molecule is COc1cc(C)c(S(=O)N(C)CCC(=O)NCc2ccc3c(c2)CCN(C)CC3)c(C)c1. The van der Waals surface area contributed by atoms with Crippen LogP contribution >= 0.6 is 0 Å². The van der Waals surface area contributed by atoms with E-state index in [4.69, 9.17) is 4.74 Å². The Labute approximate surface area is 194 Å². The summed E-state index contributed by atoms with van der Waals surface area (Å²) in [5.41, 5.74) is 5.78. The maximum atomic E-state index is 13.0. The van der Waals surface area contributed by atoms with Gasteiger partial charge in [0.15, 0.2) is 0 Å². The Balaban J connectivity index is 1.51. The molecule has 32 heavy (non-hydrogen) atoms. The highest BCUT2D eigenvalue weighted by Crippen LogP contribution is 2.25. The van der Waals surface area contributed by atoms with Crippen molar-refractivity contribution in [3.8, 4) is 5.75 Å². The number of hydrogen-bond donors (Lipinski definition) is 1. The smallest absolute Gasteiger partial charge is 0.221 e. The predicted octanol–water partition coefficient (Wildman–Crippen LogP) is 3.00. The summed E-state index contributed by atoms with van der Waals surface area (Å²) in [6.45, 7) is 6.96. The third-order valence-corrected chi connectivity index (χ3v) is 7.81. The van der Waals surface area contributed by atoms with Crippen LogP contribution in [-0.2, 0) is 35.2 Å². The van der Waals surface area contributed by atoms with Crippen LogP contribution < -0.4 is 10.1 Å². The van der Waals surface area contributed by atoms with Gasteiger partial charge in [0.25, 0.3) is 0 Å². The average molecular weight is 458 g/mol. The van der Waals surface area contributed by atoms with E-state index in [0.29, 0.717) is 19.5 Å². The predicted molar refractivity (Wildman–Crippen MR) is 129 cm³/mol. The molecule has 7 heteroatoms. The quantitative estimate of drug-likeness (QED) is 0.662. The summed E-state index contributed by atoms with van der Waals surface area (Å²) in [7, 11) is 4.24. The Morgan fingerprint density at radius 3 is 2.44 bits per heavy atom. The zero-order valence-electron chi connectivity index (χ0n) is 19.9.